The fraction of sp³-hybridized carbons (Fsp3) is 0.400. The van der Waals surface area contributed by atoms with Gasteiger partial charge in [-0.1, -0.05) is 31.5 Å². The maximum Gasteiger partial charge on any atom is 0.329 e. The number of aromatic nitrogens is 3. The van der Waals surface area contributed by atoms with Crippen molar-refractivity contribution in [1.29, 1.82) is 0 Å². The van der Waals surface area contributed by atoms with E-state index in [1.165, 1.54) is 22.7 Å². The number of benzene rings is 2. The molecular formula is C25H29N3O3S. The van der Waals surface area contributed by atoms with Crippen LogP contribution < -0.4 is 5.69 Å². The zero-order valence-corrected chi connectivity index (χ0v) is 19.9. The molecule has 0 aliphatic rings. The first-order valence-electron chi connectivity index (χ1n) is 11.2. The number of hydrogen-bond acceptors (Lipinski definition) is 5. The Morgan fingerprint density at radius 2 is 1.91 bits per heavy atom. The quantitative estimate of drug-likeness (QED) is 0.338. The van der Waals surface area contributed by atoms with Gasteiger partial charge in [0.15, 0.2) is 0 Å². The summed E-state index contributed by atoms with van der Waals surface area (Å²) in [6, 6.07) is 11.8. The number of para-hydroxylation sites is 2. The highest BCUT2D eigenvalue weighted by Gasteiger charge is 2.24. The highest BCUT2D eigenvalue weighted by atomic mass is 32.1. The number of ether oxygens (including phenoxy) is 1. The molecule has 0 bridgehead atoms. The van der Waals surface area contributed by atoms with Gasteiger partial charge in [-0.15, -0.1) is 0 Å². The summed E-state index contributed by atoms with van der Waals surface area (Å²) in [5, 5.41) is 1.13. The molecule has 1 atom stereocenters. The molecule has 4 aromatic rings. The zero-order chi connectivity index (χ0) is 22.8. The molecule has 0 spiro atoms. The summed E-state index contributed by atoms with van der Waals surface area (Å²) in [4.78, 5) is 26.0. The molecule has 2 heterocycles. The van der Waals surface area contributed by atoms with E-state index in [0.29, 0.717) is 13.2 Å². The molecule has 7 heteroatoms. The van der Waals surface area contributed by atoms with Crippen LogP contribution in [-0.2, 0) is 16.1 Å². The molecule has 0 saturated heterocycles. The number of rotatable bonds is 8. The Morgan fingerprint density at radius 1 is 1.16 bits per heavy atom. The van der Waals surface area contributed by atoms with Gasteiger partial charge < -0.3 is 4.74 Å². The van der Waals surface area contributed by atoms with Crippen molar-refractivity contribution in [3.8, 4) is 0 Å². The molecule has 0 fully saturated rings. The number of esters is 1. The highest BCUT2D eigenvalue weighted by Crippen LogP contribution is 2.29. The van der Waals surface area contributed by atoms with E-state index >= 15 is 0 Å². The van der Waals surface area contributed by atoms with Crippen LogP contribution in [0.5, 0.6) is 0 Å². The second-order valence-electron chi connectivity index (χ2n) is 8.26. The SMILES string of the molecule is CCCC(CC(=O)OCC)n1c(=O)n(Cc2nsc3cc(C)cc(C)c23)c2ccccc21. The molecule has 0 saturated carbocycles. The first-order valence-corrected chi connectivity index (χ1v) is 11.9. The second kappa shape index (κ2) is 9.28. The lowest BCUT2D eigenvalue weighted by Crippen LogP contribution is -2.29. The van der Waals surface area contributed by atoms with Crippen molar-refractivity contribution in [3.05, 3.63) is 63.7 Å². The lowest BCUT2D eigenvalue weighted by Gasteiger charge is -2.17. The number of nitrogens with zero attached hydrogens (tertiary/aromatic N) is 3. The van der Waals surface area contributed by atoms with Gasteiger partial charge >= 0.3 is 11.7 Å². The molecule has 0 radical (unpaired) electrons. The van der Waals surface area contributed by atoms with Gasteiger partial charge in [0, 0.05) is 11.4 Å². The van der Waals surface area contributed by atoms with Crippen molar-refractivity contribution in [2.75, 3.05) is 6.61 Å². The second-order valence-corrected chi connectivity index (χ2v) is 9.07. The molecule has 168 valence electrons. The van der Waals surface area contributed by atoms with Crippen LogP contribution in [0, 0.1) is 13.8 Å². The zero-order valence-electron chi connectivity index (χ0n) is 19.1. The maximum absolute atomic E-state index is 13.7. The van der Waals surface area contributed by atoms with Crippen LogP contribution in [0.1, 0.15) is 56.0 Å². The van der Waals surface area contributed by atoms with Gasteiger partial charge in [0.05, 0.1) is 41.0 Å². The standard InChI is InChI=1S/C25H29N3O3S/c1-5-9-18(14-23(29)31-6-2)28-21-11-8-7-10-20(21)27(25(28)30)15-19-24-17(4)12-16(3)13-22(24)32-26-19/h7-8,10-13,18H,5-6,9,14-15H2,1-4H3. The Bertz CT molecular complexity index is 1330. The minimum atomic E-state index is -0.272. The van der Waals surface area contributed by atoms with E-state index in [4.69, 9.17) is 9.11 Å². The Morgan fingerprint density at radius 3 is 2.62 bits per heavy atom. The first-order chi connectivity index (χ1) is 15.4. The molecule has 2 aromatic heterocycles. The van der Waals surface area contributed by atoms with Crippen molar-refractivity contribution in [3.63, 3.8) is 0 Å². The van der Waals surface area contributed by atoms with Gasteiger partial charge in [-0.2, -0.15) is 4.37 Å². The van der Waals surface area contributed by atoms with Crippen molar-refractivity contribution < 1.29 is 9.53 Å². The van der Waals surface area contributed by atoms with Crippen LogP contribution in [0.2, 0.25) is 0 Å². The number of carbonyl (C=O) groups excluding carboxylic acids is 1. The van der Waals surface area contributed by atoms with Crippen LogP contribution in [-0.4, -0.2) is 26.1 Å². The number of hydrogen-bond donors (Lipinski definition) is 0. The van der Waals surface area contributed by atoms with Crippen molar-refractivity contribution in [1.82, 2.24) is 13.5 Å². The number of imidazole rings is 1. The topological polar surface area (TPSA) is 66.1 Å². The van der Waals surface area contributed by atoms with Crippen molar-refractivity contribution >= 4 is 38.6 Å². The van der Waals surface area contributed by atoms with Gasteiger partial charge in [-0.3, -0.25) is 13.9 Å². The van der Waals surface area contributed by atoms with Gasteiger partial charge in [0.2, 0.25) is 0 Å². The van der Waals surface area contributed by atoms with E-state index < -0.39 is 0 Å². The lowest BCUT2D eigenvalue weighted by atomic mass is 10.1. The average Bonchev–Trinajstić information content (AvgIpc) is 3.27. The molecule has 1 unspecified atom stereocenters. The molecular weight excluding hydrogens is 422 g/mol. The molecule has 32 heavy (non-hydrogen) atoms. The smallest absolute Gasteiger partial charge is 0.329 e. The minimum absolute atomic E-state index is 0.111. The Labute approximate surface area is 191 Å². The van der Waals surface area contributed by atoms with Crippen LogP contribution in [0.25, 0.3) is 21.1 Å². The number of aryl methyl sites for hydroxylation is 2. The summed E-state index contributed by atoms with van der Waals surface area (Å²) < 4.78 is 14.6. The molecule has 4 rings (SSSR count). The minimum Gasteiger partial charge on any atom is -0.466 e. The Balaban J connectivity index is 1.83. The summed E-state index contributed by atoms with van der Waals surface area (Å²) in [7, 11) is 0. The van der Waals surface area contributed by atoms with Gasteiger partial charge in [-0.05, 0) is 68.1 Å². The normalized spacial score (nSPS) is 12.5. The van der Waals surface area contributed by atoms with Gasteiger partial charge in [0.25, 0.3) is 0 Å². The third kappa shape index (κ3) is 4.09. The summed E-state index contributed by atoms with van der Waals surface area (Å²) in [5.41, 5.74) is 4.87. The fourth-order valence-corrected chi connectivity index (χ4v) is 5.55. The number of carbonyl (C=O) groups is 1. The van der Waals surface area contributed by atoms with E-state index in [-0.39, 0.29) is 24.1 Å². The largest absolute Gasteiger partial charge is 0.466 e. The first kappa shape index (κ1) is 22.3. The van der Waals surface area contributed by atoms with Gasteiger partial charge in [0.1, 0.15) is 0 Å². The summed E-state index contributed by atoms with van der Waals surface area (Å²) >= 11 is 1.47. The summed E-state index contributed by atoms with van der Waals surface area (Å²) in [5.74, 6) is -0.272. The van der Waals surface area contributed by atoms with Crippen LogP contribution in [0.15, 0.2) is 41.2 Å². The Hall–Kier alpha value is -2.93. The van der Waals surface area contributed by atoms with Crippen LogP contribution in [0.4, 0.5) is 0 Å². The molecule has 0 aliphatic heterocycles. The van der Waals surface area contributed by atoms with Crippen molar-refractivity contribution in [2.24, 2.45) is 0 Å². The summed E-state index contributed by atoms with van der Waals surface area (Å²) in [6.45, 7) is 8.77. The average molecular weight is 452 g/mol. The third-order valence-electron chi connectivity index (χ3n) is 5.86. The summed E-state index contributed by atoms with van der Waals surface area (Å²) in [6.07, 6.45) is 1.78. The van der Waals surface area contributed by atoms with Crippen LogP contribution in [0.3, 0.4) is 0 Å². The molecule has 2 aromatic carbocycles. The molecule has 0 N–H and O–H groups in total. The monoisotopic (exact) mass is 451 g/mol. The molecule has 0 amide bonds. The molecule has 6 nitrogen and oxygen atoms in total. The maximum atomic E-state index is 13.7. The van der Waals surface area contributed by atoms with Gasteiger partial charge in [-0.25, -0.2) is 4.79 Å². The Kier molecular flexibility index (Phi) is 6.46. The van der Waals surface area contributed by atoms with E-state index in [2.05, 4.69) is 32.9 Å². The lowest BCUT2D eigenvalue weighted by molar-refractivity contribution is -0.144. The van der Waals surface area contributed by atoms with E-state index in [0.717, 1.165) is 39.7 Å². The van der Waals surface area contributed by atoms with E-state index in [1.54, 1.807) is 16.1 Å². The highest BCUT2D eigenvalue weighted by molar-refractivity contribution is 7.13. The van der Waals surface area contributed by atoms with Crippen molar-refractivity contribution in [2.45, 2.75) is 59.5 Å². The third-order valence-corrected chi connectivity index (χ3v) is 6.69. The van der Waals surface area contributed by atoms with Crippen LogP contribution >= 0.6 is 11.5 Å². The molecule has 0 aliphatic carbocycles. The fourth-order valence-electron chi connectivity index (χ4n) is 4.58. The van der Waals surface area contributed by atoms with E-state index in [1.807, 2.05) is 24.3 Å². The van der Waals surface area contributed by atoms with E-state index in [9.17, 15) is 9.59 Å². The number of fused-ring (bicyclic) bond motifs is 2. The predicted molar refractivity (Wildman–Crippen MR) is 130 cm³/mol. The predicted octanol–water partition coefficient (Wildman–Crippen LogP) is 5.37.